The molecule has 0 aromatic carbocycles. The molecule has 0 saturated heterocycles. The molecule has 0 aromatic rings. The first-order valence-electron chi connectivity index (χ1n) is 4.36. The van der Waals surface area contributed by atoms with Crippen molar-refractivity contribution in [3.05, 3.63) is 0 Å². The summed E-state index contributed by atoms with van der Waals surface area (Å²) in [4.78, 5) is 19.7. The average Bonchev–Trinajstić information content (AvgIpc) is 2.01. The third-order valence-electron chi connectivity index (χ3n) is 1.41. The van der Waals surface area contributed by atoms with Gasteiger partial charge in [0.15, 0.2) is 11.7 Å². The summed E-state index contributed by atoms with van der Waals surface area (Å²) in [5.41, 5.74) is -1.58. The van der Waals surface area contributed by atoms with Gasteiger partial charge in [-0.3, -0.25) is 0 Å². The zero-order chi connectivity index (χ0) is 12.8. The van der Waals surface area contributed by atoms with Gasteiger partial charge >= 0.3 is 11.9 Å². The molecule has 0 aromatic heterocycles. The monoisotopic (exact) mass is 222 g/mol. The van der Waals surface area contributed by atoms with Crippen molar-refractivity contribution in [1.82, 2.24) is 0 Å². The highest BCUT2D eigenvalue weighted by Gasteiger charge is 2.21. The van der Waals surface area contributed by atoms with Crippen molar-refractivity contribution < 1.29 is 30.0 Å². The summed E-state index contributed by atoms with van der Waals surface area (Å²) in [6.07, 6.45) is -1.21. The Morgan fingerprint density at radius 2 is 1.40 bits per heavy atom. The second-order valence-corrected chi connectivity index (χ2v) is 3.89. The Morgan fingerprint density at radius 1 is 1.13 bits per heavy atom. The Kier molecular flexibility index (Phi) is 6.91. The van der Waals surface area contributed by atoms with Gasteiger partial charge in [0.05, 0.1) is 0 Å². The molecule has 0 saturated carbocycles. The van der Waals surface area contributed by atoms with Crippen molar-refractivity contribution in [2.24, 2.45) is 5.92 Å². The first-order chi connectivity index (χ1) is 6.50. The summed E-state index contributed by atoms with van der Waals surface area (Å²) in [7, 11) is 0. The normalized spacial score (nSPS) is 12.7. The summed E-state index contributed by atoms with van der Waals surface area (Å²) in [5.74, 6) is -2.56. The summed E-state index contributed by atoms with van der Waals surface area (Å²) in [5, 5.41) is 33.2. The highest BCUT2D eigenvalue weighted by Crippen LogP contribution is 1.99. The summed E-state index contributed by atoms with van der Waals surface area (Å²) in [6.45, 7) is 5.74. The minimum absolute atomic E-state index is 0.201. The molecule has 1 atom stereocenters. The molecule has 0 heterocycles. The number of hydrogen-bond donors (Lipinski definition) is 4. The quantitative estimate of drug-likeness (QED) is 0.531. The Balaban J connectivity index is 0. The number of rotatable bonds is 3. The van der Waals surface area contributed by atoms with Crippen molar-refractivity contribution >= 4 is 11.9 Å². The van der Waals surface area contributed by atoms with Crippen LogP contribution in [0.3, 0.4) is 0 Å². The highest BCUT2D eigenvalue weighted by molar-refractivity contribution is 5.75. The summed E-state index contributed by atoms with van der Waals surface area (Å²) in [6, 6.07) is 0. The van der Waals surface area contributed by atoms with Crippen LogP contribution in [-0.4, -0.2) is 44.1 Å². The molecule has 0 radical (unpaired) electrons. The van der Waals surface area contributed by atoms with E-state index < -0.39 is 23.6 Å². The molecule has 0 aliphatic carbocycles. The fourth-order valence-electron chi connectivity index (χ4n) is 0.285. The van der Waals surface area contributed by atoms with E-state index in [2.05, 4.69) is 0 Å². The largest absolute Gasteiger partial charge is 0.479 e. The van der Waals surface area contributed by atoms with E-state index in [-0.39, 0.29) is 5.92 Å². The number of carboxylic acid groups (broad SMARTS) is 2. The lowest BCUT2D eigenvalue weighted by atomic mass is 10.1. The van der Waals surface area contributed by atoms with E-state index in [0.717, 1.165) is 0 Å². The van der Waals surface area contributed by atoms with Crippen LogP contribution in [-0.2, 0) is 9.59 Å². The molecule has 0 spiro atoms. The molecule has 15 heavy (non-hydrogen) atoms. The Morgan fingerprint density at radius 3 is 1.40 bits per heavy atom. The second-order valence-electron chi connectivity index (χ2n) is 3.89. The number of carbonyl (C=O) groups is 2. The average molecular weight is 222 g/mol. The Hall–Kier alpha value is -1.14. The van der Waals surface area contributed by atoms with Crippen LogP contribution >= 0.6 is 0 Å². The molecule has 0 bridgehead atoms. The number of aliphatic carboxylic acids is 2. The van der Waals surface area contributed by atoms with E-state index in [1.807, 2.05) is 0 Å². The van der Waals surface area contributed by atoms with Gasteiger partial charge in [-0.1, -0.05) is 13.8 Å². The molecule has 0 rings (SSSR count). The highest BCUT2D eigenvalue weighted by atomic mass is 16.4. The van der Waals surface area contributed by atoms with E-state index in [1.165, 1.54) is 13.8 Å². The van der Waals surface area contributed by atoms with E-state index in [1.54, 1.807) is 13.8 Å². The predicted octanol–water partition coefficient (Wildman–Crippen LogP) is -0.0702. The molecular weight excluding hydrogens is 204 g/mol. The number of carboxylic acids is 2. The number of aliphatic hydroxyl groups excluding tert-OH is 1. The smallest absolute Gasteiger partial charge is 0.335 e. The first kappa shape index (κ1) is 16.3. The van der Waals surface area contributed by atoms with E-state index in [9.17, 15) is 9.59 Å². The first-order valence-corrected chi connectivity index (χ1v) is 4.36. The van der Waals surface area contributed by atoms with Crippen molar-refractivity contribution in [2.45, 2.75) is 39.4 Å². The van der Waals surface area contributed by atoms with Crippen LogP contribution in [0.5, 0.6) is 0 Å². The molecule has 0 aliphatic heterocycles. The zero-order valence-electron chi connectivity index (χ0n) is 9.26. The van der Waals surface area contributed by atoms with Gasteiger partial charge in [-0.2, -0.15) is 0 Å². The molecule has 90 valence electrons. The maximum Gasteiger partial charge on any atom is 0.335 e. The SMILES string of the molecule is CC(C)(O)C(=O)O.CC(C)C(O)C(=O)O. The van der Waals surface area contributed by atoms with E-state index in [0.29, 0.717) is 0 Å². The van der Waals surface area contributed by atoms with Crippen molar-refractivity contribution in [2.75, 3.05) is 0 Å². The fourth-order valence-corrected chi connectivity index (χ4v) is 0.285. The molecule has 4 N–H and O–H groups in total. The van der Waals surface area contributed by atoms with Crippen molar-refractivity contribution in [3.8, 4) is 0 Å². The lowest BCUT2D eigenvalue weighted by molar-refractivity contribution is -0.154. The van der Waals surface area contributed by atoms with Crippen molar-refractivity contribution in [1.29, 1.82) is 0 Å². The van der Waals surface area contributed by atoms with E-state index in [4.69, 9.17) is 20.4 Å². The van der Waals surface area contributed by atoms with Gasteiger partial charge in [-0.25, -0.2) is 9.59 Å². The van der Waals surface area contributed by atoms with Gasteiger partial charge in [-0.05, 0) is 19.8 Å². The molecule has 6 nitrogen and oxygen atoms in total. The summed E-state index contributed by atoms with van der Waals surface area (Å²) >= 11 is 0. The molecule has 0 aliphatic rings. The van der Waals surface area contributed by atoms with Crippen LogP contribution in [0.15, 0.2) is 0 Å². The molecule has 0 amide bonds. The van der Waals surface area contributed by atoms with Crippen LogP contribution in [0, 0.1) is 5.92 Å². The van der Waals surface area contributed by atoms with Crippen LogP contribution in [0.1, 0.15) is 27.7 Å². The second kappa shape index (κ2) is 6.36. The predicted molar refractivity (Wildman–Crippen MR) is 52.4 cm³/mol. The standard InChI is InChI=1S/C5H10O3.C4H8O3/c1-3(2)4(6)5(7)8;1-4(2,7)3(5)6/h3-4,6H,1-2H3,(H,7,8);7H,1-2H3,(H,5,6). The number of hydrogen-bond acceptors (Lipinski definition) is 4. The minimum atomic E-state index is -1.58. The van der Waals surface area contributed by atoms with Gasteiger partial charge in [0.2, 0.25) is 0 Å². The third kappa shape index (κ3) is 9.17. The lowest BCUT2D eigenvalue weighted by Gasteiger charge is -2.07. The van der Waals surface area contributed by atoms with Crippen LogP contribution in [0.2, 0.25) is 0 Å². The minimum Gasteiger partial charge on any atom is -0.479 e. The molecule has 0 fully saturated rings. The van der Waals surface area contributed by atoms with Crippen LogP contribution in [0.25, 0.3) is 0 Å². The number of aliphatic hydroxyl groups is 2. The Labute approximate surface area is 88.2 Å². The maximum atomic E-state index is 9.89. The topological polar surface area (TPSA) is 115 Å². The third-order valence-corrected chi connectivity index (χ3v) is 1.41. The zero-order valence-corrected chi connectivity index (χ0v) is 9.26. The molecule has 6 heteroatoms. The fraction of sp³-hybridized carbons (Fsp3) is 0.778. The van der Waals surface area contributed by atoms with Gasteiger partial charge in [-0.15, -0.1) is 0 Å². The van der Waals surface area contributed by atoms with Crippen molar-refractivity contribution in [3.63, 3.8) is 0 Å². The van der Waals surface area contributed by atoms with Gasteiger partial charge in [0, 0.05) is 0 Å². The van der Waals surface area contributed by atoms with Gasteiger partial charge in [0.25, 0.3) is 0 Å². The van der Waals surface area contributed by atoms with Crippen LogP contribution < -0.4 is 0 Å². The summed E-state index contributed by atoms with van der Waals surface area (Å²) < 4.78 is 0. The lowest BCUT2D eigenvalue weighted by Crippen LogP contribution is -2.30. The van der Waals surface area contributed by atoms with Crippen LogP contribution in [0.4, 0.5) is 0 Å². The Bertz CT molecular complexity index is 215. The molecular formula is C9H18O6. The van der Waals surface area contributed by atoms with Gasteiger partial charge < -0.3 is 20.4 Å². The molecule has 1 unspecified atom stereocenters. The van der Waals surface area contributed by atoms with Gasteiger partial charge in [0.1, 0.15) is 0 Å². The van der Waals surface area contributed by atoms with E-state index >= 15 is 0 Å². The maximum absolute atomic E-state index is 9.89.